The lowest BCUT2D eigenvalue weighted by molar-refractivity contribution is -0.120. The van der Waals surface area contributed by atoms with E-state index in [9.17, 15) is 9.59 Å². The first-order valence-corrected chi connectivity index (χ1v) is 9.44. The Kier molecular flexibility index (Phi) is 8.02. The zero-order valence-corrected chi connectivity index (χ0v) is 17.0. The number of benzene rings is 2. The second kappa shape index (κ2) is 10.5. The molecule has 0 aliphatic heterocycles. The summed E-state index contributed by atoms with van der Waals surface area (Å²) < 4.78 is 5.26. The number of hydrogen-bond donors (Lipinski definition) is 2. The summed E-state index contributed by atoms with van der Waals surface area (Å²) >= 11 is 0. The van der Waals surface area contributed by atoms with Gasteiger partial charge in [-0.2, -0.15) is 0 Å². The maximum absolute atomic E-state index is 12.5. The summed E-state index contributed by atoms with van der Waals surface area (Å²) in [5.41, 5.74) is 3.58. The molecular formula is C22H29N3O3. The van der Waals surface area contributed by atoms with E-state index in [1.165, 1.54) is 0 Å². The third-order valence-corrected chi connectivity index (χ3v) is 4.16. The summed E-state index contributed by atoms with van der Waals surface area (Å²) in [6.45, 7) is 6.95. The molecule has 0 bridgehead atoms. The van der Waals surface area contributed by atoms with E-state index in [0.29, 0.717) is 18.0 Å². The van der Waals surface area contributed by atoms with Crippen LogP contribution in [0.25, 0.3) is 0 Å². The van der Waals surface area contributed by atoms with E-state index in [0.717, 1.165) is 23.2 Å². The van der Waals surface area contributed by atoms with E-state index < -0.39 is 0 Å². The smallest absolute Gasteiger partial charge is 0.238 e. The summed E-state index contributed by atoms with van der Waals surface area (Å²) in [6, 6.07) is 13.2. The fraction of sp³-hybridized carbons (Fsp3) is 0.364. The number of aryl methyl sites for hydroxylation is 2. The van der Waals surface area contributed by atoms with Gasteiger partial charge in [0.1, 0.15) is 5.75 Å². The van der Waals surface area contributed by atoms with Gasteiger partial charge in [-0.25, -0.2) is 0 Å². The lowest BCUT2D eigenvalue weighted by atomic mass is 10.1. The molecule has 0 radical (unpaired) electrons. The topological polar surface area (TPSA) is 70.7 Å². The van der Waals surface area contributed by atoms with Crippen molar-refractivity contribution in [3.05, 3.63) is 53.6 Å². The van der Waals surface area contributed by atoms with Gasteiger partial charge >= 0.3 is 0 Å². The largest absolute Gasteiger partial charge is 0.495 e. The van der Waals surface area contributed by atoms with Crippen molar-refractivity contribution >= 4 is 23.2 Å². The van der Waals surface area contributed by atoms with Crippen molar-refractivity contribution in [1.82, 2.24) is 4.90 Å². The average Bonchev–Trinajstić information content (AvgIpc) is 2.61. The first-order chi connectivity index (χ1) is 13.4. The molecule has 2 aromatic carbocycles. The number of carbonyl (C=O) groups excluding carboxylic acids is 2. The maximum Gasteiger partial charge on any atom is 0.238 e. The Morgan fingerprint density at radius 2 is 1.57 bits per heavy atom. The van der Waals surface area contributed by atoms with E-state index in [-0.39, 0.29) is 24.9 Å². The molecule has 6 nitrogen and oxygen atoms in total. The van der Waals surface area contributed by atoms with Gasteiger partial charge in [-0.3, -0.25) is 14.5 Å². The summed E-state index contributed by atoms with van der Waals surface area (Å²) in [6.07, 6.45) is 0.846. The average molecular weight is 383 g/mol. The molecule has 0 spiro atoms. The van der Waals surface area contributed by atoms with E-state index in [1.54, 1.807) is 19.2 Å². The van der Waals surface area contributed by atoms with Crippen molar-refractivity contribution < 1.29 is 14.3 Å². The van der Waals surface area contributed by atoms with Crippen LogP contribution in [0.2, 0.25) is 0 Å². The van der Waals surface area contributed by atoms with Crippen molar-refractivity contribution in [2.45, 2.75) is 27.2 Å². The van der Waals surface area contributed by atoms with E-state index in [2.05, 4.69) is 16.7 Å². The molecule has 0 atom stereocenters. The van der Waals surface area contributed by atoms with Crippen LogP contribution in [-0.2, 0) is 9.59 Å². The Bertz CT molecular complexity index is 800. The molecule has 0 aliphatic carbocycles. The monoisotopic (exact) mass is 383 g/mol. The van der Waals surface area contributed by atoms with E-state index in [4.69, 9.17) is 4.74 Å². The van der Waals surface area contributed by atoms with Crippen LogP contribution in [0, 0.1) is 13.8 Å². The molecular weight excluding hydrogens is 354 g/mol. The van der Waals surface area contributed by atoms with Crippen molar-refractivity contribution in [3.8, 4) is 5.75 Å². The number of hydrogen-bond acceptors (Lipinski definition) is 4. The second-order valence-corrected chi connectivity index (χ2v) is 6.88. The Morgan fingerprint density at radius 3 is 2.18 bits per heavy atom. The van der Waals surface area contributed by atoms with Gasteiger partial charge in [0.25, 0.3) is 0 Å². The van der Waals surface area contributed by atoms with Crippen molar-refractivity contribution in [3.63, 3.8) is 0 Å². The standard InChI is InChI=1S/C22H29N3O3/c1-5-10-25(14-21(26)23-18-12-16(2)11-17(3)13-18)15-22(27)24-19-8-6-7-9-20(19)28-4/h6-9,11-13H,5,10,14-15H2,1-4H3,(H,23,26)(H,24,27). The molecule has 0 fully saturated rings. The SMILES string of the molecule is CCCN(CC(=O)Nc1cc(C)cc(C)c1)CC(=O)Nc1ccccc1OC. The molecule has 2 N–H and O–H groups in total. The van der Waals surface area contributed by atoms with Crippen molar-refractivity contribution in [2.75, 3.05) is 37.4 Å². The zero-order valence-electron chi connectivity index (χ0n) is 17.0. The highest BCUT2D eigenvalue weighted by atomic mass is 16.5. The fourth-order valence-corrected chi connectivity index (χ4v) is 3.12. The number of amides is 2. The van der Waals surface area contributed by atoms with Gasteiger partial charge in [-0.15, -0.1) is 0 Å². The lowest BCUT2D eigenvalue weighted by Crippen LogP contribution is -2.39. The third kappa shape index (κ3) is 6.70. The van der Waals surface area contributed by atoms with Crippen molar-refractivity contribution in [1.29, 1.82) is 0 Å². The van der Waals surface area contributed by atoms with Gasteiger partial charge in [0.15, 0.2) is 0 Å². The number of rotatable bonds is 9. The van der Waals surface area contributed by atoms with Crippen LogP contribution in [0.5, 0.6) is 5.75 Å². The molecule has 0 aromatic heterocycles. The molecule has 0 unspecified atom stereocenters. The predicted molar refractivity (Wildman–Crippen MR) is 113 cm³/mol. The van der Waals surface area contributed by atoms with Crippen LogP contribution in [-0.4, -0.2) is 43.5 Å². The maximum atomic E-state index is 12.5. The predicted octanol–water partition coefficient (Wildman–Crippen LogP) is 3.60. The number of anilines is 2. The summed E-state index contributed by atoms with van der Waals surface area (Å²) in [5, 5.41) is 5.77. The molecule has 0 heterocycles. The minimum absolute atomic E-state index is 0.131. The number of methoxy groups -OCH3 is 1. The quantitative estimate of drug-likeness (QED) is 0.694. The number of para-hydroxylation sites is 2. The Balaban J connectivity index is 1.96. The van der Waals surface area contributed by atoms with Crippen LogP contribution in [0.15, 0.2) is 42.5 Å². The second-order valence-electron chi connectivity index (χ2n) is 6.88. The Hall–Kier alpha value is -2.86. The number of carbonyl (C=O) groups is 2. The molecule has 2 amide bonds. The first kappa shape index (κ1) is 21.4. The van der Waals surface area contributed by atoms with Crippen LogP contribution in [0.4, 0.5) is 11.4 Å². The van der Waals surface area contributed by atoms with Crippen molar-refractivity contribution in [2.24, 2.45) is 0 Å². The molecule has 28 heavy (non-hydrogen) atoms. The molecule has 0 saturated carbocycles. The third-order valence-electron chi connectivity index (χ3n) is 4.16. The van der Waals surface area contributed by atoms with Gasteiger partial charge in [0.05, 0.1) is 25.9 Å². The number of nitrogens with one attached hydrogen (secondary N) is 2. The summed E-state index contributed by atoms with van der Waals surface area (Å²) in [7, 11) is 1.56. The van der Waals surface area contributed by atoms with E-state index >= 15 is 0 Å². The molecule has 2 rings (SSSR count). The summed E-state index contributed by atoms with van der Waals surface area (Å²) in [4.78, 5) is 26.7. The fourth-order valence-electron chi connectivity index (χ4n) is 3.12. The molecule has 6 heteroatoms. The van der Waals surface area contributed by atoms with Gasteiger partial charge in [-0.1, -0.05) is 25.1 Å². The highest BCUT2D eigenvalue weighted by Gasteiger charge is 2.15. The Morgan fingerprint density at radius 1 is 0.964 bits per heavy atom. The van der Waals surface area contributed by atoms with E-state index in [1.807, 2.05) is 49.9 Å². The zero-order chi connectivity index (χ0) is 20.5. The highest BCUT2D eigenvalue weighted by molar-refractivity contribution is 5.95. The molecule has 2 aromatic rings. The number of nitrogens with zero attached hydrogens (tertiary/aromatic N) is 1. The van der Waals surface area contributed by atoms with Crippen LogP contribution >= 0.6 is 0 Å². The number of ether oxygens (including phenoxy) is 1. The normalized spacial score (nSPS) is 10.6. The Labute approximate surface area is 166 Å². The minimum Gasteiger partial charge on any atom is -0.495 e. The first-order valence-electron chi connectivity index (χ1n) is 9.44. The van der Waals surface area contributed by atoms with Crippen LogP contribution in [0.3, 0.4) is 0 Å². The summed E-state index contributed by atoms with van der Waals surface area (Å²) in [5.74, 6) is 0.283. The van der Waals surface area contributed by atoms with Gasteiger partial charge in [0, 0.05) is 5.69 Å². The lowest BCUT2D eigenvalue weighted by Gasteiger charge is -2.21. The molecule has 0 aliphatic rings. The van der Waals surface area contributed by atoms with Gasteiger partial charge in [-0.05, 0) is 62.2 Å². The van der Waals surface area contributed by atoms with Crippen LogP contribution < -0.4 is 15.4 Å². The highest BCUT2D eigenvalue weighted by Crippen LogP contribution is 2.22. The van der Waals surface area contributed by atoms with Crippen LogP contribution in [0.1, 0.15) is 24.5 Å². The minimum atomic E-state index is -0.183. The molecule has 0 saturated heterocycles. The van der Waals surface area contributed by atoms with Gasteiger partial charge < -0.3 is 15.4 Å². The van der Waals surface area contributed by atoms with Gasteiger partial charge in [0.2, 0.25) is 11.8 Å². The molecule has 150 valence electrons.